The SMILES string of the molecule is c1ccc(-c2c3ccccc3c(N(c3ccc(-c4cccc5ccccc45)cc3)c3cccc(-c4cccc5c4oc4ccccc45)c3)c3ccccc23)cc1. The van der Waals surface area contributed by atoms with Crippen LogP contribution in [0.25, 0.3) is 87.6 Å². The van der Waals surface area contributed by atoms with Gasteiger partial charge in [0.2, 0.25) is 0 Å². The maximum Gasteiger partial charge on any atom is 0.143 e. The van der Waals surface area contributed by atoms with Crippen molar-refractivity contribution in [3.63, 3.8) is 0 Å². The lowest BCUT2D eigenvalue weighted by atomic mass is 9.89. The molecule has 1 aromatic heterocycles. The fourth-order valence-electron chi connectivity index (χ4n) is 8.72. The van der Waals surface area contributed by atoms with E-state index in [0.717, 1.165) is 50.1 Å². The summed E-state index contributed by atoms with van der Waals surface area (Å²) in [5, 5.41) is 9.55. The van der Waals surface area contributed by atoms with E-state index in [1.807, 2.05) is 6.07 Å². The minimum Gasteiger partial charge on any atom is -0.455 e. The van der Waals surface area contributed by atoms with Gasteiger partial charge in [0.1, 0.15) is 11.2 Å². The van der Waals surface area contributed by atoms with Gasteiger partial charge in [-0.25, -0.2) is 0 Å². The summed E-state index contributed by atoms with van der Waals surface area (Å²) in [7, 11) is 0. The molecule has 0 aliphatic rings. The van der Waals surface area contributed by atoms with Crippen LogP contribution in [0.5, 0.6) is 0 Å². The van der Waals surface area contributed by atoms with E-state index in [9.17, 15) is 0 Å². The Hall–Kier alpha value is -7.42. The van der Waals surface area contributed by atoms with Crippen molar-refractivity contribution in [3.05, 3.63) is 212 Å². The Kier molecular flexibility index (Phi) is 7.53. The first-order valence-electron chi connectivity index (χ1n) is 19.2. The Morgan fingerprint density at radius 3 is 1.64 bits per heavy atom. The molecule has 0 bridgehead atoms. The lowest BCUT2D eigenvalue weighted by molar-refractivity contribution is 0.670. The van der Waals surface area contributed by atoms with Gasteiger partial charge >= 0.3 is 0 Å². The first kappa shape index (κ1) is 32.0. The van der Waals surface area contributed by atoms with Crippen LogP contribution in [0.4, 0.5) is 17.1 Å². The van der Waals surface area contributed by atoms with E-state index in [0.29, 0.717) is 0 Å². The summed E-state index contributed by atoms with van der Waals surface area (Å²) < 4.78 is 6.55. The fourth-order valence-corrected chi connectivity index (χ4v) is 8.72. The topological polar surface area (TPSA) is 16.4 Å². The number of hydrogen-bond donors (Lipinski definition) is 0. The molecule has 11 rings (SSSR count). The first-order chi connectivity index (χ1) is 27.8. The van der Waals surface area contributed by atoms with Crippen LogP contribution < -0.4 is 4.90 Å². The third-order valence-electron chi connectivity index (χ3n) is 11.2. The molecule has 0 atom stereocenters. The van der Waals surface area contributed by atoms with Crippen LogP contribution in [0, 0.1) is 0 Å². The molecule has 0 saturated carbocycles. The third kappa shape index (κ3) is 5.19. The minimum absolute atomic E-state index is 0.899. The van der Waals surface area contributed by atoms with Crippen LogP contribution >= 0.6 is 0 Å². The zero-order valence-electron chi connectivity index (χ0n) is 30.6. The molecule has 56 heavy (non-hydrogen) atoms. The highest BCUT2D eigenvalue weighted by Crippen LogP contribution is 2.49. The van der Waals surface area contributed by atoms with Crippen molar-refractivity contribution in [2.24, 2.45) is 0 Å². The molecule has 0 unspecified atom stereocenters. The molecule has 0 spiro atoms. The Bertz CT molecular complexity index is 3190. The molecule has 0 radical (unpaired) electrons. The van der Waals surface area contributed by atoms with Gasteiger partial charge in [0.05, 0.1) is 5.69 Å². The van der Waals surface area contributed by atoms with E-state index >= 15 is 0 Å². The number of hydrogen-bond acceptors (Lipinski definition) is 2. The van der Waals surface area contributed by atoms with Gasteiger partial charge in [-0.05, 0) is 79.7 Å². The lowest BCUT2D eigenvalue weighted by Gasteiger charge is -2.30. The van der Waals surface area contributed by atoms with E-state index in [4.69, 9.17) is 4.42 Å². The summed E-state index contributed by atoms with van der Waals surface area (Å²) in [6.07, 6.45) is 0. The highest BCUT2D eigenvalue weighted by atomic mass is 16.3. The predicted octanol–water partition coefficient (Wildman–Crippen LogP) is 15.5. The summed E-state index contributed by atoms with van der Waals surface area (Å²) >= 11 is 0. The molecule has 10 aromatic carbocycles. The van der Waals surface area contributed by atoms with Gasteiger partial charge < -0.3 is 9.32 Å². The lowest BCUT2D eigenvalue weighted by Crippen LogP contribution is -2.11. The maximum atomic E-state index is 6.55. The van der Waals surface area contributed by atoms with Crippen LogP contribution in [0.3, 0.4) is 0 Å². The number of nitrogens with zero attached hydrogens (tertiary/aromatic N) is 1. The second kappa shape index (κ2) is 13.2. The molecule has 0 amide bonds. The van der Waals surface area contributed by atoms with Gasteiger partial charge in [-0.15, -0.1) is 0 Å². The van der Waals surface area contributed by atoms with E-state index in [1.54, 1.807) is 0 Å². The van der Waals surface area contributed by atoms with Gasteiger partial charge in [0.15, 0.2) is 0 Å². The third-order valence-corrected chi connectivity index (χ3v) is 11.2. The van der Waals surface area contributed by atoms with Crippen molar-refractivity contribution >= 4 is 71.3 Å². The normalized spacial score (nSPS) is 11.6. The molecular formula is C54H35NO. The number of rotatable bonds is 6. The molecule has 0 saturated heterocycles. The average molecular weight is 714 g/mol. The number of para-hydroxylation sites is 2. The summed E-state index contributed by atoms with van der Waals surface area (Å²) in [6, 6.07) is 76.5. The highest BCUT2D eigenvalue weighted by Gasteiger charge is 2.23. The Balaban J connectivity index is 1.17. The van der Waals surface area contributed by atoms with Crippen LogP contribution in [-0.2, 0) is 0 Å². The van der Waals surface area contributed by atoms with E-state index < -0.39 is 0 Å². The molecule has 262 valence electrons. The zero-order chi connectivity index (χ0) is 37.0. The zero-order valence-corrected chi connectivity index (χ0v) is 30.6. The van der Waals surface area contributed by atoms with Gasteiger partial charge in [0, 0.05) is 38.5 Å². The Morgan fingerprint density at radius 1 is 0.321 bits per heavy atom. The van der Waals surface area contributed by atoms with E-state index in [-0.39, 0.29) is 0 Å². The molecule has 2 heteroatoms. The second-order valence-corrected chi connectivity index (χ2v) is 14.4. The Morgan fingerprint density at radius 2 is 0.875 bits per heavy atom. The number of anilines is 3. The smallest absolute Gasteiger partial charge is 0.143 e. The highest BCUT2D eigenvalue weighted by molar-refractivity contribution is 6.22. The van der Waals surface area contributed by atoms with Gasteiger partial charge in [-0.2, -0.15) is 0 Å². The van der Waals surface area contributed by atoms with Gasteiger partial charge in [0.25, 0.3) is 0 Å². The van der Waals surface area contributed by atoms with Crippen molar-refractivity contribution < 1.29 is 4.42 Å². The fraction of sp³-hybridized carbons (Fsp3) is 0. The van der Waals surface area contributed by atoms with Crippen molar-refractivity contribution in [3.8, 4) is 33.4 Å². The quantitative estimate of drug-likeness (QED) is 0.160. The van der Waals surface area contributed by atoms with Gasteiger partial charge in [-0.1, -0.05) is 182 Å². The minimum atomic E-state index is 0.899. The van der Waals surface area contributed by atoms with Crippen LogP contribution in [-0.4, -0.2) is 0 Å². The van der Waals surface area contributed by atoms with Crippen LogP contribution in [0.2, 0.25) is 0 Å². The maximum absolute atomic E-state index is 6.55. The second-order valence-electron chi connectivity index (χ2n) is 14.4. The summed E-state index contributed by atoms with van der Waals surface area (Å²) in [6.45, 7) is 0. The molecular weight excluding hydrogens is 679 g/mol. The predicted molar refractivity (Wildman–Crippen MR) is 237 cm³/mol. The van der Waals surface area contributed by atoms with E-state index in [2.05, 4.69) is 211 Å². The van der Waals surface area contributed by atoms with Crippen molar-refractivity contribution in [2.45, 2.75) is 0 Å². The molecule has 0 aliphatic carbocycles. The van der Waals surface area contributed by atoms with Gasteiger partial charge in [-0.3, -0.25) is 0 Å². The summed E-state index contributed by atoms with van der Waals surface area (Å²) in [4.78, 5) is 2.45. The molecule has 1 heterocycles. The van der Waals surface area contributed by atoms with E-state index in [1.165, 1.54) is 54.6 Å². The van der Waals surface area contributed by atoms with Crippen LogP contribution in [0.1, 0.15) is 0 Å². The standard InChI is InChI=1S/C54H35NO/c1-2-16-38(17-3-1)52-46-23-6-8-25-48(46)53(49-26-9-7-24-47(49)52)55(40-33-31-37(32-34-40)43-27-13-18-36-15-4-5-21-42(36)43)41-20-12-19-39(35-41)44-28-14-29-50-45-22-10-11-30-51(45)56-54(44)50/h1-35H. The molecule has 0 fully saturated rings. The van der Waals surface area contributed by atoms with Crippen LogP contribution in [0.15, 0.2) is 217 Å². The van der Waals surface area contributed by atoms with Crippen molar-refractivity contribution in [1.29, 1.82) is 0 Å². The van der Waals surface area contributed by atoms with Crippen molar-refractivity contribution in [1.82, 2.24) is 0 Å². The number of fused-ring (bicyclic) bond motifs is 6. The monoisotopic (exact) mass is 713 g/mol. The molecule has 0 N–H and O–H groups in total. The molecule has 11 aromatic rings. The number of benzene rings is 10. The summed E-state index contributed by atoms with van der Waals surface area (Å²) in [5.41, 5.74) is 12.1. The molecule has 0 aliphatic heterocycles. The summed E-state index contributed by atoms with van der Waals surface area (Å²) in [5.74, 6) is 0. The largest absolute Gasteiger partial charge is 0.455 e. The number of furan rings is 1. The first-order valence-corrected chi connectivity index (χ1v) is 19.2. The molecule has 2 nitrogen and oxygen atoms in total. The van der Waals surface area contributed by atoms with Crippen molar-refractivity contribution in [2.75, 3.05) is 4.90 Å². The average Bonchev–Trinajstić information content (AvgIpc) is 3.66. The Labute approximate surface area is 325 Å².